The minimum atomic E-state index is -0.588. The van der Waals surface area contributed by atoms with Crippen LogP contribution in [-0.4, -0.2) is 41.8 Å². The van der Waals surface area contributed by atoms with Gasteiger partial charge in [-0.25, -0.2) is 4.79 Å². The third-order valence-electron chi connectivity index (χ3n) is 4.12. The van der Waals surface area contributed by atoms with Crippen molar-refractivity contribution in [2.24, 2.45) is 0 Å². The summed E-state index contributed by atoms with van der Waals surface area (Å²) in [5.74, 6) is -0.398. The maximum absolute atomic E-state index is 11.9. The highest BCUT2D eigenvalue weighted by Gasteiger charge is 2.26. The molecule has 1 aromatic rings. The summed E-state index contributed by atoms with van der Waals surface area (Å²) in [6.07, 6.45) is 2.50. The van der Waals surface area contributed by atoms with Crippen molar-refractivity contribution in [1.82, 2.24) is 4.90 Å². The highest BCUT2D eigenvalue weighted by Crippen LogP contribution is 2.24. The molecular formula is C16H24N2O3. The van der Waals surface area contributed by atoms with Crippen LogP contribution in [0.2, 0.25) is 0 Å². The van der Waals surface area contributed by atoms with Crippen LogP contribution < -0.4 is 5.73 Å². The van der Waals surface area contributed by atoms with E-state index in [0.717, 1.165) is 37.9 Å². The zero-order valence-electron chi connectivity index (χ0n) is 12.8. The van der Waals surface area contributed by atoms with Gasteiger partial charge >= 0.3 is 5.97 Å². The maximum Gasteiger partial charge on any atom is 0.340 e. The smallest absolute Gasteiger partial charge is 0.340 e. The van der Waals surface area contributed by atoms with Crippen LogP contribution in [0.4, 0.5) is 5.69 Å². The Hall–Kier alpha value is -1.59. The van der Waals surface area contributed by atoms with Crippen molar-refractivity contribution in [2.75, 3.05) is 25.9 Å². The molecule has 0 saturated carbocycles. The van der Waals surface area contributed by atoms with Crippen LogP contribution in [0.3, 0.4) is 0 Å². The molecule has 3 N–H and O–H groups in total. The van der Waals surface area contributed by atoms with E-state index in [0.29, 0.717) is 17.8 Å². The van der Waals surface area contributed by atoms with Crippen LogP contribution in [0, 0.1) is 0 Å². The quantitative estimate of drug-likeness (QED) is 0.656. The van der Waals surface area contributed by atoms with E-state index >= 15 is 0 Å². The molecule has 0 amide bonds. The van der Waals surface area contributed by atoms with E-state index in [2.05, 4.69) is 4.90 Å². The van der Waals surface area contributed by atoms with E-state index in [1.165, 1.54) is 7.11 Å². The Labute approximate surface area is 125 Å². The SMILES string of the molecule is COC(=O)c1c(N)cccc1CN1CCCC(C)(O)CC1. The molecule has 1 fully saturated rings. The molecule has 5 heteroatoms. The van der Waals surface area contributed by atoms with Crippen LogP contribution in [0.5, 0.6) is 0 Å². The number of carbonyl (C=O) groups excluding carboxylic acids is 1. The molecule has 1 heterocycles. The van der Waals surface area contributed by atoms with Gasteiger partial charge in [0.2, 0.25) is 0 Å². The lowest BCUT2D eigenvalue weighted by Gasteiger charge is -2.23. The summed E-state index contributed by atoms with van der Waals surface area (Å²) in [7, 11) is 1.36. The first-order valence-corrected chi connectivity index (χ1v) is 7.33. The van der Waals surface area contributed by atoms with E-state index in [1.807, 2.05) is 19.1 Å². The summed E-state index contributed by atoms with van der Waals surface area (Å²) >= 11 is 0. The first-order valence-electron chi connectivity index (χ1n) is 7.33. The largest absolute Gasteiger partial charge is 0.465 e. The zero-order chi connectivity index (χ0) is 15.5. The van der Waals surface area contributed by atoms with Crippen molar-refractivity contribution in [3.63, 3.8) is 0 Å². The fourth-order valence-electron chi connectivity index (χ4n) is 2.82. The fourth-order valence-corrected chi connectivity index (χ4v) is 2.82. The minimum Gasteiger partial charge on any atom is -0.465 e. The van der Waals surface area contributed by atoms with Crippen LogP contribution >= 0.6 is 0 Å². The van der Waals surface area contributed by atoms with Gasteiger partial charge in [0, 0.05) is 18.8 Å². The summed E-state index contributed by atoms with van der Waals surface area (Å²) in [4.78, 5) is 14.2. The molecule has 1 aromatic carbocycles. The third kappa shape index (κ3) is 3.95. The van der Waals surface area contributed by atoms with Crippen molar-refractivity contribution in [3.8, 4) is 0 Å². The van der Waals surface area contributed by atoms with Crippen molar-refractivity contribution in [3.05, 3.63) is 29.3 Å². The molecule has 1 aliphatic heterocycles. The van der Waals surface area contributed by atoms with Crippen LogP contribution in [0.25, 0.3) is 0 Å². The number of methoxy groups -OCH3 is 1. The molecule has 21 heavy (non-hydrogen) atoms. The van der Waals surface area contributed by atoms with Crippen LogP contribution in [0.1, 0.15) is 42.1 Å². The highest BCUT2D eigenvalue weighted by molar-refractivity contribution is 5.96. The maximum atomic E-state index is 11.9. The number of hydrogen-bond acceptors (Lipinski definition) is 5. The van der Waals surface area contributed by atoms with Gasteiger partial charge in [-0.05, 0) is 44.4 Å². The third-order valence-corrected chi connectivity index (χ3v) is 4.12. The number of nitrogens with two attached hydrogens (primary N) is 1. The van der Waals surface area contributed by atoms with Gasteiger partial charge in [-0.3, -0.25) is 4.90 Å². The molecule has 1 saturated heterocycles. The van der Waals surface area contributed by atoms with Gasteiger partial charge in [-0.1, -0.05) is 12.1 Å². The second-order valence-corrected chi connectivity index (χ2v) is 6.00. The van der Waals surface area contributed by atoms with E-state index in [4.69, 9.17) is 10.5 Å². The monoisotopic (exact) mass is 292 g/mol. The molecule has 0 aromatic heterocycles. The summed E-state index contributed by atoms with van der Waals surface area (Å²) in [5.41, 5.74) is 7.11. The van der Waals surface area contributed by atoms with Gasteiger partial charge in [0.05, 0.1) is 18.3 Å². The van der Waals surface area contributed by atoms with Gasteiger partial charge in [0.25, 0.3) is 0 Å². The molecule has 0 bridgehead atoms. The van der Waals surface area contributed by atoms with Gasteiger partial charge in [0.15, 0.2) is 0 Å². The standard InChI is InChI=1S/C16H24N2O3/c1-16(20)7-4-9-18(10-8-16)11-12-5-3-6-13(17)14(12)15(19)21-2/h3,5-6,20H,4,7-11,17H2,1-2H3. The average Bonchev–Trinajstić information content (AvgIpc) is 2.60. The Balaban J connectivity index is 2.16. The average molecular weight is 292 g/mol. The molecule has 0 spiro atoms. The normalized spacial score (nSPS) is 23.6. The number of esters is 1. The van der Waals surface area contributed by atoms with E-state index in [1.54, 1.807) is 6.07 Å². The number of rotatable bonds is 3. The predicted octanol–water partition coefficient (Wildman–Crippen LogP) is 1.79. The van der Waals surface area contributed by atoms with Crippen molar-refractivity contribution in [2.45, 2.75) is 38.3 Å². The van der Waals surface area contributed by atoms with E-state index in [-0.39, 0.29) is 0 Å². The highest BCUT2D eigenvalue weighted by atomic mass is 16.5. The van der Waals surface area contributed by atoms with Gasteiger partial charge in [0.1, 0.15) is 0 Å². The van der Waals surface area contributed by atoms with Crippen molar-refractivity contribution in [1.29, 1.82) is 0 Å². The molecule has 116 valence electrons. The van der Waals surface area contributed by atoms with Gasteiger partial charge < -0.3 is 15.6 Å². The number of hydrogen-bond donors (Lipinski definition) is 2. The van der Waals surface area contributed by atoms with Gasteiger partial charge in [-0.2, -0.15) is 0 Å². The number of aliphatic hydroxyl groups is 1. The Morgan fingerprint density at radius 3 is 2.90 bits per heavy atom. The number of anilines is 1. The van der Waals surface area contributed by atoms with Crippen molar-refractivity contribution < 1.29 is 14.6 Å². The minimum absolute atomic E-state index is 0.398. The lowest BCUT2D eigenvalue weighted by molar-refractivity contribution is 0.0442. The van der Waals surface area contributed by atoms with E-state index < -0.39 is 11.6 Å². The Morgan fingerprint density at radius 2 is 2.19 bits per heavy atom. The number of nitrogen functional groups attached to an aromatic ring is 1. The lowest BCUT2D eigenvalue weighted by Crippen LogP contribution is -2.28. The van der Waals surface area contributed by atoms with Crippen LogP contribution in [0.15, 0.2) is 18.2 Å². The fraction of sp³-hybridized carbons (Fsp3) is 0.562. The molecular weight excluding hydrogens is 268 g/mol. The number of nitrogens with zero attached hydrogens (tertiary/aromatic N) is 1. The first kappa shape index (κ1) is 15.8. The first-order chi connectivity index (χ1) is 9.93. The number of carbonyl (C=O) groups is 1. The summed E-state index contributed by atoms with van der Waals surface area (Å²) in [6, 6.07) is 5.47. The van der Waals surface area contributed by atoms with Crippen molar-refractivity contribution >= 4 is 11.7 Å². The van der Waals surface area contributed by atoms with Crippen LogP contribution in [-0.2, 0) is 11.3 Å². The molecule has 2 rings (SSSR count). The predicted molar refractivity (Wildman–Crippen MR) is 81.9 cm³/mol. The summed E-state index contributed by atoms with van der Waals surface area (Å²) in [6.45, 7) is 4.25. The second-order valence-electron chi connectivity index (χ2n) is 6.00. The topological polar surface area (TPSA) is 75.8 Å². The summed E-state index contributed by atoms with van der Waals surface area (Å²) in [5, 5.41) is 10.1. The van der Waals surface area contributed by atoms with E-state index in [9.17, 15) is 9.90 Å². The Bertz CT molecular complexity index is 514. The molecule has 1 unspecified atom stereocenters. The molecule has 5 nitrogen and oxygen atoms in total. The Morgan fingerprint density at radius 1 is 1.43 bits per heavy atom. The van der Waals surface area contributed by atoms with Gasteiger partial charge in [-0.15, -0.1) is 0 Å². The number of ether oxygens (including phenoxy) is 1. The molecule has 0 aliphatic carbocycles. The molecule has 1 atom stereocenters. The lowest BCUT2D eigenvalue weighted by atomic mass is 9.98. The zero-order valence-corrected chi connectivity index (χ0v) is 12.8. The molecule has 1 aliphatic rings. The second kappa shape index (κ2) is 6.45. The summed E-state index contributed by atoms with van der Waals surface area (Å²) < 4.78 is 4.83. The number of likely N-dealkylation sites (tertiary alicyclic amines) is 1. The number of benzene rings is 1. The Kier molecular flexibility index (Phi) is 4.85. The molecule has 0 radical (unpaired) electrons.